The van der Waals surface area contributed by atoms with Crippen molar-refractivity contribution < 1.29 is 0 Å². The molecule has 1 rings (SSSR count). The molecular weight excluding hydrogens is 176 g/mol. The van der Waals surface area contributed by atoms with E-state index in [0.717, 1.165) is 23.6 Å². The second kappa shape index (κ2) is 4.68. The average molecular weight is 187 g/mol. The number of hydrogen-bond acceptors (Lipinski definition) is 1. The van der Waals surface area contributed by atoms with E-state index in [1.165, 1.54) is 5.56 Å². The van der Waals surface area contributed by atoms with Crippen LogP contribution in [0, 0.1) is 0 Å². The highest BCUT2D eigenvalue weighted by Crippen LogP contribution is 2.10. The highest BCUT2D eigenvalue weighted by Gasteiger charge is 1.91. The van der Waals surface area contributed by atoms with Gasteiger partial charge in [0.1, 0.15) is 0 Å². The summed E-state index contributed by atoms with van der Waals surface area (Å²) in [6.45, 7) is 0. The van der Waals surface area contributed by atoms with Gasteiger partial charge in [-0.15, -0.1) is 24.2 Å². The molecule has 0 aliphatic heterocycles. The number of rotatable bonds is 3. The lowest BCUT2D eigenvalue weighted by Gasteiger charge is -1.98. The van der Waals surface area contributed by atoms with E-state index < -0.39 is 0 Å². The fraction of sp³-hybridized carbons (Fsp3) is 0.333. The van der Waals surface area contributed by atoms with Crippen LogP contribution in [0.5, 0.6) is 0 Å². The standard InChI is InChI=1S/C9H11ClS/c10-6-2-4-8-3-1-5-9(11)7-8/h1,3,5,7,11H,2,4,6H2. The molecule has 0 saturated heterocycles. The van der Waals surface area contributed by atoms with E-state index in [9.17, 15) is 0 Å². The third-order valence-electron chi connectivity index (χ3n) is 1.51. The van der Waals surface area contributed by atoms with Gasteiger partial charge in [-0.3, -0.25) is 0 Å². The third-order valence-corrected chi connectivity index (χ3v) is 2.06. The summed E-state index contributed by atoms with van der Waals surface area (Å²) in [5.74, 6) is 0.733. The van der Waals surface area contributed by atoms with Crippen LogP contribution in [0.3, 0.4) is 0 Å². The Balaban J connectivity index is 2.56. The quantitative estimate of drug-likeness (QED) is 0.544. The Morgan fingerprint density at radius 2 is 2.18 bits per heavy atom. The van der Waals surface area contributed by atoms with Gasteiger partial charge in [-0.05, 0) is 30.5 Å². The number of thiol groups is 1. The SMILES string of the molecule is Sc1cccc(CCCCl)c1. The van der Waals surface area contributed by atoms with Crippen molar-refractivity contribution in [3.05, 3.63) is 29.8 Å². The summed E-state index contributed by atoms with van der Waals surface area (Å²) in [7, 11) is 0. The molecule has 0 aliphatic rings. The molecular formula is C9H11ClS. The third kappa shape index (κ3) is 3.17. The van der Waals surface area contributed by atoms with Crippen molar-refractivity contribution in [2.45, 2.75) is 17.7 Å². The zero-order chi connectivity index (χ0) is 8.10. The Morgan fingerprint density at radius 1 is 1.36 bits per heavy atom. The van der Waals surface area contributed by atoms with E-state index in [1.807, 2.05) is 12.1 Å². The molecule has 0 unspecified atom stereocenters. The molecule has 60 valence electrons. The predicted molar refractivity (Wildman–Crippen MR) is 52.7 cm³/mol. The van der Waals surface area contributed by atoms with Gasteiger partial charge >= 0.3 is 0 Å². The highest BCUT2D eigenvalue weighted by atomic mass is 35.5. The Labute approximate surface area is 78.0 Å². The van der Waals surface area contributed by atoms with Crippen LogP contribution in [-0.4, -0.2) is 5.88 Å². The van der Waals surface area contributed by atoms with Gasteiger partial charge in [0.25, 0.3) is 0 Å². The number of aryl methyl sites for hydroxylation is 1. The van der Waals surface area contributed by atoms with Crippen LogP contribution in [0.2, 0.25) is 0 Å². The van der Waals surface area contributed by atoms with Gasteiger partial charge in [0.05, 0.1) is 0 Å². The molecule has 0 aromatic heterocycles. The normalized spacial score (nSPS) is 10.0. The van der Waals surface area contributed by atoms with Gasteiger partial charge in [-0.2, -0.15) is 0 Å². The zero-order valence-electron chi connectivity index (χ0n) is 6.26. The molecule has 0 amide bonds. The lowest BCUT2D eigenvalue weighted by Crippen LogP contribution is -1.85. The first-order valence-electron chi connectivity index (χ1n) is 3.67. The lowest BCUT2D eigenvalue weighted by atomic mass is 10.1. The summed E-state index contributed by atoms with van der Waals surface area (Å²) in [6.07, 6.45) is 2.09. The maximum absolute atomic E-state index is 5.57. The number of alkyl halides is 1. The fourth-order valence-corrected chi connectivity index (χ4v) is 1.37. The predicted octanol–water partition coefficient (Wildman–Crippen LogP) is 3.15. The molecule has 1 aromatic rings. The van der Waals surface area contributed by atoms with Gasteiger partial charge in [0.2, 0.25) is 0 Å². The molecule has 0 spiro atoms. The van der Waals surface area contributed by atoms with Gasteiger partial charge in [-0.25, -0.2) is 0 Å². The monoisotopic (exact) mass is 186 g/mol. The smallest absolute Gasteiger partial charge is 0.0226 e. The molecule has 1 aromatic carbocycles. The Hall–Kier alpha value is -0.140. The molecule has 11 heavy (non-hydrogen) atoms. The summed E-state index contributed by atoms with van der Waals surface area (Å²) in [4.78, 5) is 1.03. The van der Waals surface area contributed by atoms with Crippen molar-refractivity contribution >= 4 is 24.2 Å². The second-order valence-electron chi connectivity index (χ2n) is 2.46. The van der Waals surface area contributed by atoms with Crippen LogP contribution in [0.1, 0.15) is 12.0 Å². The highest BCUT2D eigenvalue weighted by molar-refractivity contribution is 7.80. The van der Waals surface area contributed by atoms with Crippen molar-refractivity contribution in [1.82, 2.24) is 0 Å². The first kappa shape index (κ1) is 8.95. The minimum atomic E-state index is 0.733. The van der Waals surface area contributed by atoms with Crippen molar-refractivity contribution in [2.24, 2.45) is 0 Å². The van der Waals surface area contributed by atoms with Crippen LogP contribution < -0.4 is 0 Å². The van der Waals surface area contributed by atoms with Crippen molar-refractivity contribution in [1.29, 1.82) is 0 Å². The van der Waals surface area contributed by atoms with Gasteiger partial charge in [0.15, 0.2) is 0 Å². The summed E-state index contributed by atoms with van der Waals surface area (Å²) in [6, 6.07) is 8.18. The molecule has 0 bridgehead atoms. The lowest BCUT2D eigenvalue weighted by molar-refractivity contribution is 0.925. The summed E-state index contributed by atoms with van der Waals surface area (Å²) in [5, 5.41) is 0. The molecule has 2 heteroatoms. The molecule has 0 heterocycles. The van der Waals surface area contributed by atoms with Crippen molar-refractivity contribution in [3.63, 3.8) is 0 Å². The Bertz CT molecular complexity index is 223. The molecule has 0 N–H and O–H groups in total. The summed E-state index contributed by atoms with van der Waals surface area (Å²) in [5.41, 5.74) is 1.32. The van der Waals surface area contributed by atoms with Crippen LogP contribution in [0.25, 0.3) is 0 Å². The average Bonchev–Trinajstić information content (AvgIpc) is 2.01. The van der Waals surface area contributed by atoms with E-state index in [0.29, 0.717) is 0 Å². The molecule has 0 fully saturated rings. The molecule has 0 radical (unpaired) electrons. The van der Waals surface area contributed by atoms with Crippen LogP contribution in [0.15, 0.2) is 29.2 Å². The second-order valence-corrected chi connectivity index (χ2v) is 3.36. The first-order valence-corrected chi connectivity index (χ1v) is 4.65. The number of benzene rings is 1. The van der Waals surface area contributed by atoms with Crippen LogP contribution in [-0.2, 0) is 6.42 Å². The maximum Gasteiger partial charge on any atom is 0.0226 e. The largest absolute Gasteiger partial charge is 0.143 e. The molecule has 0 nitrogen and oxygen atoms in total. The molecule has 0 aliphatic carbocycles. The first-order chi connectivity index (χ1) is 5.33. The minimum Gasteiger partial charge on any atom is -0.143 e. The zero-order valence-corrected chi connectivity index (χ0v) is 7.91. The number of hydrogen-bond donors (Lipinski definition) is 1. The van der Waals surface area contributed by atoms with Gasteiger partial charge in [-0.1, -0.05) is 12.1 Å². The maximum atomic E-state index is 5.57. The number of halogens is 1. The van der Waals surface area contributed by atoms with Crippen LogP contribution in [0.4, 0.5) is 0 Å². The molecule has 0 atom stereocenters. The van der Waals surface area contributed by atoms with E-state index in [4.69, 9.17) is 11.6 Å². The van der Waals surface area contributed by atoms with Gasteiger partial charge in [0, 0.05) is 10.8 Å². The van der Waals surface area contributed by atoms with Crippen LogP contribution >= 0.6 is 24.2 Å². The van der Waals surface area contributed by atoms with E-state index >= 15 is 0 Å². The molecule has 0 saturated carbocycles. The van der Waals surface area contributed by atoms with Gasteiger partial charge < -0.3 is 0 Å². The Morgan fingerprint density at radius 3 is 2.82 bits per heavy atom. The van der Waals surface area contributed by atoms with Crippen molar-refractivity contribution in [3.8, 4) is 0 Å². The van der Waals surface area contributed by atoms with E-state index in [-0.39, 0.29) is 0 Å². The topological polar surface area (TPSA) is 0 Å². The summed E-state index contributed by atoms with van der Waals surface area (Å²) >= 11 is 9.82. The van der Waals surface area contributed by atoms with E-state index in [1.54, 1.807) is 0 Å². The Kier molecular flexibility index (Phi) is 3.81. The van der Waals surface area contributed by atoms with E-state index in [2.05, 4.69) is 24.8 Å². The fourth-order valence-electron chi connectivity index (χ4n) is 0.983. The summed E-state index contributed by atoms with van der Waals surface area (Å²) < 4.78 is 0. The minimum absolute atomic E-state index is 0.733. The van der Waals surface area contributed by atoms with Crippen molar-refractivity contribution in [2.75, 3.05) is 5.88 Å².